The molecule has 5 nitrogen and oxygen atoms in total. The lowest BCUT2D eigenvalue weighted by Gasteiger charge is -2.22. The minimum Gasteiger partial charge on any atom is -0.326 e. The van der Waals surface area contributed by atoms with Crippen molar-refractivity contribution in [2.24, 2.45) is 0 Å². The van der Waals surface area contributed by atoms with Crippen LogP contribution in [-0.4, -0.2) is 10.8 Å². The molecule has 1 aromatic rings. The van der Waals surface area contributed by atoms with Gasteiger partial charge in [-0.1, -0.05) is 20.8 Å². The fourth-order valence-electron chi connectivity index (χ4n) is 1.62. The van der Waals surface area contributed by atoms with Crippen LogP contribution in [0, 0.1) is 15.9 Å². The molecule has 0 aliphatic heterocycles. The molecule has 18 heavy (non-hydrogen) atoms. The predicted molar refractivity (Wildman–Crippen MR) is 66.1 cm³/mol. The van der Waals surface area contributed by atoms with E-state index in [1.807, 2.05) is 20.8 Å². The van der Waals surface area contributed by atoms with Gasteiger partial charge < -0.3 is 5.32 Å². The second kappa shape index (κ2) is 4.72. The summed E-state index contributed by atoms with van der Waals surface area (Å²) in [5, 5.41) is 13.2. The number of carbonyl (C=O) groups is 1. The zero-order valence-corrected chi connectivity index (χ0v) is 10.7. The van der Waals surface area contributed by atoms with Crippen LogP contribution in [0.25, 0.3) is 0 Å². The summed E-state index contributed by atoms with van der Waals surface area (Å²) in [4.78, 5) is 21.0. The molecule has 0 fully saturated rings. The quantitative estimate of drug-likeness (QED) is 0.651. The molecule has 6 heteroatoms. The summed E-state index contributed by atoms with van der Waals surface area (Å²) in [6.07, 6.45) is 0. The maximum Gasteiger partial charge on any atom is 0.305 e. The molecule has 0 aromatic heterocycles. The van der Waals surface area contributed by atoms with Crippen molar-refractivity contribution in [1.82, 2.24) is 0 Å². The summed E-state index contributed by atoms with van der Waals surface area (Å²) in [6.45, 7) is 6.78. The molecule has 0 saturated heterocycles. The van der Waals surface area contributed by atoms with Gasteiger partial charge in [0.15, 0.2) is 0 Å². The van der Waals surface area contributed by atoms with Gasteiger partial charge >= 0.3 is 5.69 Å². The fraction of sp³-hybridized carbons (Fsp3) is 0.417. The van der Waals surface area contributed by atoms with Gasteiger partial charge in [-0.05, 0) is 11.0 Å². The number of nitrogens with zero attached hydrogens (tertiary/aromatic N) is 1. The number of anilines is 1. The minimum atomic E-state index is -0.961. The minimum absolute atomic E-state index is 0.262. The van der Waals surface area contributed by atoms with E-state index in [0.717, 1.165) is 6.07 Å². The fourth-order valence-corrected chi connectivity index (χ4v) is 1.62. The normalized spacial score (nSPS) is 11.2. The molecule has 0 aliphatic rings. The number of benzene rings is 1. The highest BCUT2D eigenvalue weighted by Crippen LogP contribution is 2.34. The first-order chi connectivity index (χ1) is 8.12. The second-order valence-corrected chi connectivity index (χ2v) is 5.04. The molecule has 0 radical (unpaired) electrons. The summed E-state index contributed by atoms with van der Waals surface area (Å²) in [6, 6.07) is 2.15. The molecule has 1 aromatic carbocycles. The lowest BCUT2D eigenvalue weighted by molar-refractivity contribution is -0.387. The van der Waals surface area contributed by atoms with Gasteiger partial charge in [-0.3, -0.25) is 14.9 Å². The Hall–Kier alpha value is -1.98. The molecular formula is C12H15FN2O3. The summed E-state index contributed by atoms with van der Waals surface area (Å²) in [5.41, 5.74) is -0.256. The van der Waals surface area contributed by atoms with E-state index in [9.17, 15) is 19.3 Å². The molecule has 1 N–H and O–H groups in total. The maximum atomic E-state index is 13.5. The van der Waals surface area contributed by atoms with Crippen molar-refractivity contribution in [3.8, 4) is 0 Å². The SMILES string of the molecule is CC(=O)Nc1cc(F)c([N+](=O)[O-])cc1C(C)(C)C. The van der Waals surface area contributed by atoms with Crippen LogP contribution >= 0.6 is 0 Å². The van der Waals surface area contributed by atoms with Crippen molar-refractivity contribution in [3.05, 3.63) is 33.6 Å². The van der Waals surface area contributed by atoms with Gasteiger partial charge in [-0.15, -0.1) is 0 Å². The molecule has 0 saturated carbocycles. The third kappa shape index (κ3) is 3.03. The van der Waals surface area contributed by atoms with Crippen molar-refractivity contribution in [2.75, 3.05) is 5.32 Å². The second-order valence-electron chi connectivity index (χ2n) is 5.04. The molecule has 98 valence electrons. The Morgan fingerprint density at radius 3 is 2.33 bits per heavy atom. The molecule has 0 spiro atoms. The number of hydrogen-bond donors (Lipinski definition) is 1. The number of rotatable bonds is 2. The van der Waals surface area contributed by atoms with Crippen LogP contribution in [-0.2, 0) is 10.2 Å². The zero-order chi connectivity index (χ0) is 14.1. The Kier molecular flexibility index (Phi) is 3.69. The standard InChI is InChI=1S/C12H15FN2O3/c1-7(16)14-10-6-9(13)11(15(17)18)5-8(10)12(2,3)4/h5-6H,1-4H3,(H,14,16). The van der Waals surface area contributed by atoms with E-state index < -0.39 is 21.8 Å². The number of carbonyl (C=O) groups excluding carboxylic acids is 1. The molecular weight excluding hydrogens is 239 g/mol. The molecule has 0 bridgehead atoms. The molecule has 0 unspecified atom stereocenters. The Balaban J connectivity index is 3.47. The van der Waals surface area contributed by atoms with Crippen LogP contribution in [0.15, 0.2) is 12.1 Å². The Morgan fingerprint density at radius 2 is 1.94 bits per heavy atom. The Morgan fingerprint density at radius 1 is 1.39 bits per heavy atom. The number of nitrogens with one attached hydrogen (secondary N) is 1. The maximum absolute atomic E-state index is 13.5. The monoisotopic (exact) mass is 254 g/mol. The van der Waals surface area contributed by atoms with Crippen molar-refractivity contribution in [2.45, 2.75) is 33.1 Å². The highest BCUT2D eigenvalue weighted by atomic mass is 19.1. The van der Waals surface area contributed by atoms with Crippen molar-refractivity contribution >= 4 is 17.3 Å². The summed E-state index contributed by atoms with van der Waals surface area (Å²) in [7, 11) is 0. The lowest BCUT2D eigenvalue weighted by Crippen LogP contribution is -2.18. The van der Waals surface area contributed by atoms with E-state index in [2.05, 4.69) is 5.32 Å². The first-order valence-electron chi connectivity index (χ1n) is 5.39. The topological polar surface area (TPSA) is 72.2 Å². The largest absolute Gasteiger partial charge is 0.326 e. The average molecular weight is 254 g/mol. The van der Waals surface area contributed by atoms with Crippen molar-refractivity contribution in [3.63, 3.8) is 0 Å². The van der Waals surface area contributed by atoms with E-state index in [1.54, 1.807) is 0 Å². The van der Waals surface area contributed by atoms with Crippen LogP contribution in [0.3, 0.4) is 0 Å². The van der Waals surface area contributed by atoms with E-state index >= 15 is 0 Å². The van der Waals surface area contributed by atoms with Gasteiger partial charge in [0.2, 0.25) is 11.7 Å². The van der Waals surface area contributed by atoms with Crippen LogP contribution in [0.2, 0.25) is 0 Å². The van der Waals surface area contributed by atoms with Crippen LogP contribution in [0.5, 0.6) is 0 Å². The summed E-state index contributed by atoms with van der Waals surface area (Å²) < 4.78 is 13.5. The number of hydrogen-bond acceptors (Lipinski definition) is 3. The van der Waals surface area contributed by atoms with Gasteiger partial charge in [0.05, 0.1) is 4.92 Å². The predicted octanol–water partition coefficient (Wildman–Crippen LogP) is 2.99. The first-order valence-corrected chi connectivity index (χ1v) is 5.39. The summed E-state index contributed by atoms with van der Waals surface area (Å²) >= 11 is 0. The highest BCUT2D eigenvalue weighted by molar-refractivity contribution is 5.90. The van der Waals surface area contributed by atoms with E-state index in [1.165, 1.54) is 13.0 Å². The van der Waals surface area contributed by atoms with Crippen LogP contribution < -0.4 is 5.32 Å². The first kappa shape index (κ1) is 14.1. The molecule has 0 heterocycles. The average Bonchev–Trinajstić information content (AvgIpc) is 2.13. The summed E-state index contributed by atoms with van der Waals surface area (Å²) in [5.74, 6) is -1.31. The molecule has 1 amide bonds. The van der Waals surface area contributed by atoms with Crippen LogP contribution in [0.4, 0.5) is 15.8 Å². The van der Waals surface area contributed by atoms with Gasteiger partial charge in [0.25, 0.3) is 0 Å². The van der Waals surface area contributed by atoms with E-state index in [-0.39, 0.29) is 11.6 Å². The highest BCUT2D eigenvalue weighted by Gasteiger charge is 2.25. The number of nitro benzene ring substituents is 1. The van der Waals surface area contributed by atoms with Crippen LogP contribution in [0.1, 0.15) is 33.3 Å². The smallest absolute Gasteiger partial charge is 0.305 e. The third-order valence-electron chi connectivity index (χ3n) is 2.40. The number of nitro groups is 1. The van der Waals surface area contributed by atoms with Gasteiger partial charge in [-0.25, -0.2) is 0 Å². The molecule has 0 aliphatic carbocycles. The molecule has 0 atom stereocenters. The third-order valence-corrected chi connectivity index (χ3v) is 2.40. The lowest BCUT2D eigenvalue weighted by atomic mass is 9.85. The Labute approximate surface area is 104 Å². The van der Waals surface area contributed by atoms with E-state index in [4.69, 9.17) is 0 Å². The Bertz CT molecular complexity index is 507. The van der Waals surface area contributed by atoms with E-state index in [0.29, 0.717) is 5.56 Å². The van der Waals surface area contributed by atoms with Gasteiger partial charge in [0, 0.05) is 24.7 Å². The van der Waals surface area contributed by atoms with Crippen molar-refractivity contribution in [1.29, 1.82) is 0 Å². The zero-order valence-electron chi connectivity index (χ0n) is 10.7. The van der Waals surface area contributed by atoms with Gasteiger partial charge in [0.1, 0.15) is 0 Å². The van der Waals surface area contributed by atoms with Gasteiger partial charge in [-0.2, -0.15) is 4.39 Å². The van der Waals surface area contributed by atoms with Crippen molar-refractivity contribution < 1.29 is 14.1 Å². The molecule has 1 rings (SSSR count). The number of amides is 1. The number of halogens is 1.